The first-order valence-corrected chi connectivity index (χ1v) is 12.7. The molecule has 1 aromatic heterocycles. The molecule has 1 heterocycles. The number of amidine groups is 1. The van der Waals surface area contributed by atoms with E-state index in [2.05, 4.69) is 64.4 Å². The van der Waals surface area contributed by atoms with Gasteiger partial charge in [-0.15, -0.1) is 12.7 Å². The Bertz CT molecular complexity index is 1480. The van der Waals surface area contributed by atoms with E-state index in [9.17, 15) is 10.1 Å². The number of rotatable bonds is 6. The number of hydrogen-bond acceptors (Lipinski definition) is 4. The normalized spacial score (nSPS) is 11.8. The van der Waals surface area contributed by atoms with Crippen LogP contribution in [0.2, 0.25) is 0 Å². The summed E-state index contributed by atoms with van der Waals surface area (Å²) in [4.78, 5) is 29.3. The van der Waals surface area contributed by atoms with E-state index in [-0.39, 0.29) is 69.5 Å². The van der Waals surface area contributed by atoms with Gasteiger partial charge < -0.3 is 16.8 Å². The summed E-state index contributed by atoms with van der Waals surface area (Å²) >= 11 is 0. The Labute approximate surface area is 285 Å². The van der Waals surface area contributed by atoms with Crippen LogP contribution in [0.5, 0.6) is 0 Å². The summed E-state index contributed by atoms with van der Waals surface area (Å²) in [5, 5.41) is 13.9. The number of hydrogen-bond donors (Lipinski definition) is 2. The summed E-state index contributed by atoms with van der Waals surface area (Å²) in [6.07, 6.45) is 3.63. The SMILES string of the molecule is C[N-]/C(=C\C(N)=NC(=O)C(C)(C)C)c1cccc(-c2cc(-c3ccnc(C(C)(C)C#N)c3)ccc2C)c1.NC=O.[K+]. The summed E-state index contributed by atoms with van der Waals surface area (Å²) in [5.41, 5.74) is 16.5. The number of nitrogens with two attached hydrogens (primary N) is 2. The maximum absolute atomic E-state index is 12.3. The predicted octanol–water partition coefficient (Wildman–Crippen LogP) is 2.91. The van der Waals surface area contributed by atoms with E-state index in [1.807, 2.05) is 38.1 Å². The second-order valence-electron chi connectivity index (χ2n) is 10.8. The minimum absolute atomic E-state index is 0. The van der Waals surface area contributed by atoms with Crippen LogP contribution in [0, 0.1) is 23.7 Å². The standard InChI is InChI=1S/C31H35N5O.CH3NO.K/c1-20-11-12-21(22-13-14-35-27(17-22)31(5,6)19-32)16-25(20)23-9-8-10-24(15-23)26(34-7)18-28(33)36-29(37)30(2,3)4;2-1-3;/h8-18H,1-7H3,(H3,33,34,36,37);1H,(H2,2,3);/q;;+1/p-1. The molecule has 2 aromatic carbocycles. The van der Waals surface area contributed by atoms with E-state index in [0.717, 1.165) is 39.1 Å². The second kappa shape index (κ2) is 15.8. The molecule has 0 aliphatic heterocycles. The van der Waals surface area contributed by atoms with Gasteiger partial charge in [0, 0.05) is 11.6 Å². The first-order chi connectivity index (χ1) is 18.8. The molecule has 0 spiro atoms. The number of primary amides is 1. The number of carbonyl (C=O) groups excluding carboxylic acids is 2. The maximum Gasteiger partial charge on any atom is 1.00 e. The fraction of sp³-hybridized carbons (Fsp3) is 0.281. The molecule has 8 nitrogen and oxygen atoms in total. The van der Waals surface area contributed by atoms with Crippen LogP contribution in [0.15, 0.2) is 71.9 Å². The van der Waals surface area contributed by atoms with Gasteiger partial charge in [-0.2, -0.15) is 10.3 Å². The Balaban J connectivity index is 0.00000201. The van der Waals surface area contributed by atoms with Crippen molar-refractivity contribution >= 4 is 23.8 Å². The molecule has 0 aliphatic carbocycles. The Morgan fingerprint density at radius 1 is 1.02 bits per heavy atom. The van der Waals surface area contributed by atoms with Crippen molar-refractivity contribution in [1.29, 1.82) is 5.26 Å². The molecule has 0 unspecified atom stereocenters. The predicted molar refractivity (Wildman–Crippen MR) is 162 cm³/mol. The average Bonchev–Trinajstić information content (AvgIpc) is 2.92. The van der Waals surface area contributed by atoms with Crippen LogP contribution in [-0.2, 0) is 15.0 Å². The van der Waals surface area contributed by atoms with E-state index in [1.54, 1.807) is 40.1 Å². The van der Waals surface area contributed by atoms with Gasteiger partial charge in [0.15, 0.2) is 0 Å². The van der Waals surface area contributed by atoms with Gasteiger partial charge in [-0.25, -0.2) is 0 Å². The summed E-state index contributed by atoms with van der Waals surface area (Å²) in [6, 6.07) is 20.6. The molecule has 2 amide bonds. The number of nitriles is 1. The summed E-state index contributed by atoms with van der Waals surface area (Å²) in [6.45, 7) is 11.2. The molecule has 41 heavy (non-hydrogen) atoms. The minimum atomic E-state index is -0.674. The fourth-order valence-corrected chi connectivity index (χ4v) is 3.70. The van der Waals surface area contributed by atoms with Crippen LogP contribution in [0.1, 0.15) is 51.4 Å². The third-order valence-corrected chi connectivity index (χ3v) is 6.12. The zero-order chi connectivity index (χ0) is 30.1. The van der Waals surface area contributed by atoms with Crippen molar-refractivity contribution in [2.24, 2.45) is 21.9 Å². The Hall–Kier alpha value is -3.13. The largest absolute Gasteiger partial charge is 1.00 e. The van der Waals surface area contributed by atoms with E-state index in [0.29, 0.717) is 5.70 Å². The third kappa shape index (κ3) is 10.0. The smallest absolute Gasteiger partial charge is 0.686 e. The third-order valence-electron chi connectivity index (χ3n) is 6.12. The molecule has 4 N–H and O–H groups in total. The Kier molecular flexibility index (Phi) is 13.8. The van der Waals surface area contributed by atoms with Crippen LogP contribution in [0.25, 0.3) is 33.3 Å². The Morgan fingerprint density at radius 3 is 2.24 bits per heavy atom. The molecule has 0 saturated heterocycles. The number of pyridine rings is 1. The Morgan fingerprint density at radius 2 is 1.66 bits per heavy atom. The van der Waals surface area contributed by atoms with Gasteiger partial charge in [-0.05, 0) is 84.5 Å². The van der Waals surface area contributed by atoms with Crippen molar-refractivity contribution < 1.29 is 61.0 Å². The average molecular weight is 577 g/mol. The summed E-state index contributed by atoms with van der Waals surface area (Å²) in [7, 11) is 1.69. The van der Waals surface area contributed by atoms with Crippen molar-refractivity contribution in [3.8, 4) is 28.3 Å². The molecule has 0 atom stereocenters. The molecule has 0 aliphatic rings. The molecular weight excluding hydrogens is 539 g/mol. The van der Waals surface area contributed by atoms with Crippen molar-refractivity contribution in [3.63, 3.8) is 0 Å². The van der Waals surface area contributed by atoms with Crippen molar-refractivity contribution in [1.82, 2.24) is 4.98 Å². The first kappa shape index (κ1) is 35.9. The van der Waals surface area contributed by atoms with E-state index < -0.39 is 10.8 Å². The van der Waals surface area contributed by atoms with E-state index >= 15 is 0 Å². The van der Waals surface area contributed by atoms with Crippen LogP contribution in [0.4, 0.5) is 0 Å². The van der Waals surface area contributed by atoms with Crippen LogP contribution in [-0.4, -0.2) is 30.2 Å². The monoisotopic (exact) mass is 576 g/mol. The zero-order valence-corrected chi connectivity index (χ0v) is 28.3. The van der Waals surface area contributed by atoms with Crippen molar-refractivity contribution in [3.05, 3.63) is 89.0 Å². The van der Waals surface area contributed by atoms with Gasteiger partial charge in [0.1, 0.15) is 5.84 Å². The van der Waals surface area contributed by atoms with Crippen molar-refractivity contribution in [2.75, 3.05) is 7.05 Å². The van der Waals surface area contributed by atoms with Gasteiger partial charge in [-0.1, -0.05) is 51.1 Å². The molecule has 3 rings (SSSR count). The fourth-order valence-electron chi connectivity index (χ4n) is 3.70. The quantitative estimate of drug-likeness (QED) is 0.200. The zero-order valence-electron chi connectivity index (χ0n) is 25.2. The van der Waals surface area contributed by atoms with E-state index in [4.69, 9.17) is 10.5 Å². The molecule has 9 heteroatoms. The molecule has 0 radical (unpaired) electrons. The van der Waals surface area contributed by atoms with Gasteiger partial charge in [0.25, 0.3) is 5.91 Å². The van der Waals surface area contributed by atoms with Crippen molar-refractivity contribution in [2.45, 2.75) is 47.0 Å². The molecule has 0 fully saturated rings. The van der Waals surface area contributed by atoms with Gasteiger partial charge >= 0.3 is 51.4 Å². The molecular formula is C32H37KN6O2. The number of aryl methyl sites for hydroxylation is 1. The van der Waals surface area contributed by atoms with Crippen LogP contribution >= 0.6 is 0 Å². The molecule has 0 bridgehead atoms. The van der Waals surface area contributed by atoms with Gasteiger partial charge in [-0.3, -0.25) is 14.6 Å². The number of aliphatic imine (C=N–C) groups is 1. The number of nitrogens with zero attached hydrogens (tertiary/aromatic N) is 4. The maximum atomic E-state index is 12.3. The second-order valence-corrected chi connectivity index (χ2v) is 10.8. The molecule has 208 valence electrons. The topological polar surface area (TPSA) is 149 Å². The van der Waals surface area contributed by atoms with Gasteiger partial charge in [0.05, 0.1) is 17.2 Å². The number of amides is 2. The summed E-state index contributed by atoms with van der Waals surface area (Å²) in [5.74, 6) is -0.159. The van der Waals surface area contributed by atoms with Gasteiger partial charge in [0.2, 0.25) is 6.41 Å². The van der Waals surface area contributed by atoms with E-state index in [1.165, 1.54) is 0 Å². The van der Waals surface area contributed by atoms with Crippen LogP contribution in [0.3, 0.4) is 0 Å². The number of aromatic nitrogens is 1. The molecule has 3 aromatic rings. The minimum Gasteiger partial charge on any atom is -0.686 e. The number of carbonyl (C=O) groups is 2. The van der Waals surface area contributed by atoms with Crippen LogP contribution < -0.4 is 62.9 Å². The summed E-state index contributed by atoms with van der Waals surface area (Å²) < 4.78 is 0. The first-order valence-electron chi connectivity index (χ1n) is 12.7. The molecule has 0 saturated carbocycles. The number of benzene rings is 2.